The van der Waals surface area contributed by atoms with Crippen molar-refractivity contribution in [3.63, 3.8) is 0 Å². The number of esters is 1. The summed E-state index contributed by atoms with van der Waals surface area (Å²) in [6.07, 6.45) is 4.77. The first-order valence-electron chi connectivity index (χ1n) is 8.63. The Morgan fingerprint density at radius 1 is 1.12 bits per heavy atom. The number of carbonyl (C=O) groups is 2. The van der Waals surface area contributed by atoms with Crippen molar-refractivity contribution in [3.8, 4) is 0 Å². The highest BCUT2D eigenvalue weighted by molar-refractivity contribution is 6.32. The van der Waals surface area contributed by atoms with E-state index in [2.05, 4.69) is 0 Å². The maximum absolute atomic E-state index is 13.2. The number of hydrogen-bond acceptors (Lipinski definition) is 4. The molecule has 1 aromatic rings. The third-order valence-electron chi connectivity index (χ3n) is 5.96. The maximum Gasteiger partial charge on any atom is 0.322 e. The summed E-state index contributed by atoms with van der Waals surface area (Å²) in [7, 11) is 0. The van der Waals surface area contributed by atoms with Gasteiger partial charge in [0, 0.05) is 11.6 Å². The third-order valence-corrected chi connectivity index (χ3v) is 6.29. The van der Waals surface area contributed by atoms with Crippen LogP contribution in [-0.2, 0) is 19.1 Å². The molecule has 1 aromatic carbocycles. The molecule has 1 aliphatic carbocycles. The normalized spacial score (nSPS) is 35.8. The van der Waals surface area contributed by atoms with E-state index in [1.807, 2.05) is 19.1 Å². The molecule has 3 fully saturated rings. The lowest BCUT2D eigenvalue weighted by Crippen LogP contribution is -2.46. The van der Waals surface area contributed by atoms with Gasteiger partial charge >= 0.3 is 5.97 Å². The summed E-state index contributed by atoms with van der Waals surface area (Å²) in [5.74, 6) is -1.48. The lowest BCUT2D eigenvalue weighted by atomic mass is 9.71. The minimum absolute atomic E-state index is 0.101. The molecular formula is C19H21ClO4. The standard InChI is InChI=1S/C19H21ClO4/c1-12-4-2-5-13(20)14(12)15-16(21)19(24-17(15)22)9-7-18(8-10-19)6-3-11-23-18/h2,4-5,15H,3,6-11H2,1H3. The lowest BCUT2D eigenvalue weighted by Gasteiger charge is -2.40. The molecule has 3 aliphatic rings. The molecule has 4 rings (SSSR count). The molecule has 0 bridgehead atoms. The summed E-state index contributed by atoms with van der Waals surface area (Å²) in [4.78, 5) is 25.7. The van der Waals surface area contributed by atoms with E-state index < -0.39 is 17.5 Å². The lowest BCUT2D eigenvalue weighted by molar-refractivity contribution is -0.161. The van der Waals surface area contributed by atoms with Crippen LogP contribution in [0.1, 0.15) is 55.6 Å². The molecule has 24 heavy (non-hydrogen) atoms. The van der Waals surface area contributed by atoms with Crippen molar-refractivity contribution in [2.45, 2.75) is 62.6 Å². The largest absolute Gasteiger partial charge is 0.450 e. The first-order valence-corrected chi connectivity index (χ1v) is 9.00. The zero-order valence-corrected chi connectivity index (χ0v) is 14.5. The van der Waals surface area contributed by atoms with Crippen LogP contribution in [0.2, 0.25) is 5.02 Å². The van der Waals surface area contributed by atoms with Gasteiger partial charge in [-0.25, -0.2) is 0 Å². The Labute approximate surface area is 146 Å². The smallest absolute Gasteiger partial charge is 0.322 e. The molecule has 2 aliphatic heterocycles. The van der Waals surface area contributed by atoms with Crippen molar-refractivity contribution in [2.24, 2.45) is 0 Å². The zero-order chi connectivity index (χ0) is 16.9. The monoisotopic (exact) mass is 348 g/mol. The topological polar surface area (TPSA) is 52.6 Å². The number of hydrogen-bond donors (Lipinski definition) is 0. The van der Waals surface area contributed by atoms with Crippen LogP contribution in [0, 0.1) is 6.92 Å². The molecule has 5 heteroatoms. The van der Waals surface area contributed by atoms with Gasteiger partial charge in [-0.1, -0.05) is 23.7 Å². The van der Waals surface area contributed by atoms with Gasteiger partial charge in [-0.2, -0.15) is 0 Å². The zero-order valence-electron chi connectivity index (χ0n) is 13.8. The van der Waals surface area contributed by atoms with Crippen LogP contribution in [-0.4, -0.2) is 29.6 Å². The van der Waals surface area contributed by atoms with Crippen LogP contribution in [0.15, 0.2) is 18.2 Å². The quantitative estimate of drug-likeness (QED) is 0.573. The molecule has 2 spiro atoms. The first-order chi connectivity index (χ1) is 11.5. The van der Waals surface area contributed by atoms with Crippen LogP contribution < -0.4 is 0 Å². The SMILES string of the molecule is Cc1cccc(Cl)c1C1C(=O)OC2(CCC3(CCCO3)CC2)C1=O. The van der Waals surface area contributed by atoms with Gasteiger partial charge in [0.1, 0.15) is 5.92 Å². The average Bonchev–Trinajstić information content (AvgIpc) is 3.09. The minimum Gasteiger partial charge on any atom is -0.450 e. The molecule has 2 saturated heterocycles. The van der Waals surface area contributed by atoms with Crippen molar-refractivity contribution in [2.75, 3.05) is 6.61 Å². The fraction of sp³-hybridized carbons (Fsp3) is 0.579. The van der Waals surface area contributed by atoms with E-state index in [9.17, 15) is 9.59 Å². The Hall–Kier alpha value is -1.39. The first kappa shape index (κ1) is 16.1. The van der Waals surface area contributed by atoms with Gasteiger partial charge < -0.3 is 9.47 Å². The number of ketones is 1. The number of aryl methyl sites for hydroxylation is 1. The second-order valence-corrected chi connectivity index (χ2v) is 7.73. The van der Waals surface area contributed by atoms with Crippen molar-refractivity contribution in [1.82, 2.24) is 0 Å². The highest BCUT2D eigenvalue weighted by atomic mass is 35.5. The Morgan fingerprint density at radius 2 is 1.88 bits per heavy atom. The summed E-state index contributed by atoms with van der Waals surface area (Å²) in [6.45, 7) is 2.66. The average molecular weight is 349 g/mol. The molecule has 2 heterocycles. The molecule has 0 N–H and O–H groups in total. The van der Waals surface area contributed by atoms with Crippen molar-refractivity contribution in [1.29, 1.82) is 0 Å². The predicted octanol–water partition coefficient (Wildman–Crippen LogP) is 3.72. The van der Waals surface area contributed by atoms with Crippen LogP contribution >= 0.6 is 11.6 Å². The van der Waals surface area contributed by atoms with Gasteiger partial charge in [-0.15, -0.1) is 0 Å². The Kier molecular flexibility index (Phi) is 3.73. The minimum atomic E-state index is -0.982. The van der Waals surface area contributed by atoms with E-state index in [1.54, 1.807) is 6.07 Å². The number of rotatable bonds is 1. The van der Waals surface area contributed by atoms with Crippen LogP contribution in [0.3, 0.4) is 0 Å². The van der Waals surface area contributed by atoms with Gasteiger partial charge in [0.2, 0.25) is 0 Å². The summed E-state index contributed by atoms with van der Waals surface area (Å²) in [6, 6.07) is 5.41. The van der Waals surface area contributed by atoms with Crippen molar-refractivity contribution >= 4 is 23.4 Å². The molecule has 0 amide bonds. The van der Waals surface area contributed by atoms with Gasteiger partial charge in [-0.05, 0) is 62.6 Å². The van der Waals surface area contributed by atoms with Crippen LogP contribution in [0.25, 0.3) is 0 Å². The molecule has 1 saturated carbocycles. The van der Waals surface area contributed by atoms with Crippen LogP contribution in [0.5, 0.6) is 0 Å². The Bertz CT molecular complexity index is 675. The second kappa shape index (κ2) is 5.57. The maximum atomic E-state index is 13.2. The van der Waals surface area contributed by atoms with Gasteiger partial charge in [0.15, 0.2) is 11.4 Å². The molecular weight excluding hydrogens is 328 g/mol. The van der Waals surface area contributed by atoms with E-state index in [4.69, 9.17) is 21.1 Å². The fourth-order valence-electron chi connectivity index (χ4n) is 4.54. The fourth-order valence-corrected chi connectivity index (χ4v) is 4.87. The van der Waals surface area contributed by atoms with Crippen LogP contribution in [0.4, 0.5) is 0 Å². The number of carbonyl (C=O) groups excluding carboxylic acids is 2. The van der Waals surface area contributed by atoms with E-state index in [-0.39, 0.29) is 11.4 Å². The van der Waals surface area contributed by atoms with Crippen molar-refractivity contribution in [3.05, 3.63) is 34.3 Å². The summed E-state index contributed by atoms with van der Waals surface area (Å²) in [5.41, 5.74) is 0.366. The highest BCUT2D eigenvalue weighted by Gasteiger charge is 2.59. The number of ether oxygens (including phenoxy) is 2. The summed E-state index contributed by atoms with van der Waals surface area (Å²) >= 11 is 6.29. The molecule has 1 unspecified atom stereocenters. The third kappa shape index (κ3) is 2.31. The number of benzene rings is 1. The summed E-state index contributed by atoms with van der Waals surface area (Å²) in [5, 5.41) is 0.453. The van der Waals surface area contributed by atoms with E-state index in [1.165, 1.54) is 0 Å². The molecule has 128 valence electrons. The Balaban J connectivity index is 1.63. The number of Topliss-reactive ketones (excluding diaryl/α,β-unsaturated/α-hetero) is 1. The van der Waals surface area contributed by atoms with Gasteiger partial charge in [0.05, 0.1) is 5.60 Å². The predicted molar refractivity (Wildman–Crippen MR) is 89.1 cm³/mol. The molecule has 4 nitrogen and oxygen atoms in total. The summed E-state index contributed by atoms with van der Waals surface area (Å²) < 4.78 is 11.6. The molecule has 0 radical (unpaired) electrons. The molecule has 1 atom stereocenters. The number of halogens is 1. The molecule has 0 aromatic heterocycles. The van der Waals surface area contributed by atoms with E-state index in [0.717, 1.165) is 37.9 Å². The second-order valence-electron chi connectivity index (χ2n) is 7.32. The van der Waals surface area contributed by atoms with Gasteiger partial charge in [-0.3, -0.25) is 9.59 Å². The van der Waals surface area contributed by atoms with Gasteiger partial charge in [0.25, 0.3) is 0 Å². The Morgan fingerprint density at radius 3 is 2.50 bits per heavy atom. The van der Waals surface area contributed by atoms with Crippen molar-refractivity contribution < 1.29 is 19.1 Å². The highest BCUT2D eigenvalue weighted by Crippen LogP contribution is 2.50. The van der Waals surface area contributed by atoms with E-state index in [0.29, 0.717) is 23.4 Å². The van der Waals surface area contributed by atoms with E-state index >= 15 is 0 Å².